The van der Waals surface area contributed by atoms with Crippen LogP contribution in [0.2, 0.25) is 0 Å². The molecule has 4 heteroatoms. The number of thiocarbonyl (C=S) groups is 1. The van der Waals surface area contributed by atoms with E-state index in [1.807, 2.05) is 0 Å². The molecular formula is C5H13CoNS2. The van der Waals surface area contributed by atoms with E-state index in [2.05, 4.69) is 38.7 Å². The van der Waals surface area contributed by atoms with Crippen LogP contribution in [0.4, 0.5) is 0 Å². The average Bonchev–Trinajstić information content (AvgIpc) is 1.65. The first kappa shape index (κ1) is 16.4. The van der Waals surface area contributed by atoms with Crippen LogP contribution < -0.4 is 5.73 Å². The van der Waals surface area contributed by atoms with Gasteiger partial charge in [-0.3, -0.25) is 0 Å². The minimum Gasteiger partial charge on any atom is -0.385 e. The van der Waals surface area contributed by atoms with Gasteiger partial charge in [-0.15, -0.1) is 12.6 Å². The van der Waals surface area contributed by atoms with Crippen LogP contribution in [0.5, 0.6) is 0 Å². The van der Waals surface area contributed by atoms with Crippen LogP contribution in [0.1, 0.15) is 26.7 Å². The number of hydrogen-bond acceptors (Lipinski definition) is 1. The van der Waals surface area contributed by atoms with Crippen molar-refractivity contribution in [3.63, 3.8) is 0 Å². The van der Waals surface area contributed by atoms with E-state index in [9.17, 15) is 0 Å². The van der Waals surface area contributed by atoms with Gasteiger partial charge in [0.15, 0.2) is 0 Å². The van der Waals surface area contributed by atoms with E-state index in [-0.39, 0.29) is 21.1 Å². The van der Waals surface area contributed by atoms with Gasteiger partial charge >= 0.3 is 0 Å². The smallest absolute Gasteiger partial charge is 0.128 e. The fourth-order valence-corrected chi connectivity index (χ4v) is 0. The minimum atomic E-state index is 0. The Morgan fingerprint density at radius 3 is 1.56 bits per heavy atom. The first-order chi connectivity index (χ1) is 3.65. The monoisotopic (exact) mass is 210 g/mol. The Hall–Kier alpha value is 0.746. The van der Waals surface area contributed by atoms with E-state index < -0.39 is 0 Å². The Morgan fingerprint density at radius 2 is 1.56 bits per heavy atom. The van der Waals surface area contributed by atoms with Crippen molar-refractivity contribution in [2.75, 3.05) is 0 Å². The summed E-state index contributed by atoms with van der Waals surface area (Å²) in [6, 6.07) is 0. The first-order valence-electron chi connectivity index (χ1n) is 2.63. The summed E-state index contributed by atoms with van der Waals surface area (Å²) in [5.74, 6) is 0. The average molecular weight is 210 g/mol. The molecule has 0 aromatic rings. The van der Waals surface area contributed by atoms with Gasteiger partial charge in [0.05, 0.1) is 0 Å². The Morgan fingerprint density at radius 1 is 1.44 bits per heavy atom. The summed E-state index contributed by atoms with van der Waals surface area (Å²) in [6.07, 6.45) is 2.64. The van der Waals surface area contributed by atoms with Gasteiger partial charge < -0.3 is 5.73 Å². The third kappa shape index (κ3) is 131. The zero-order valence-corrected chi connectivity index (χ0v) is 8.43. The van der Waals surface area contributed by atoms with Crippen molar-refractivity contribution < 1.29 is 16.8 Å². The largest absolute Gasteiger partial charge is 0.385 e. The molecule has 9 heavy (non-hydrogen) atoms. The molecule has 0 aromatic carbocycles. The molecule has 0 atom stereocenters. The van der Waals surface area contributed by atoms with E-state index in [0.29, 0.717) is 0 Å². The molecule has 0 aliphatic heterocycles. The van der Waals surface area contributed by atoms with Crippen LogP contribution in [0.3, 0.4) is 0 Å². The third-order valence-corrected chi connectivity index (χ3v) is 0.500. The van der Waals surface area contributed by atoms with Crippen LogP contribution in [0.25, 0.3) is 0 Å². The Bertz CT molecular complexity index is 52.9. The molecule has 0 spiro atoms. The summed E-state index contributed by atoms with van der Waals surface area (Å²) in [7, 11) is 0. The van der Waals surface area contributed by atoms with Crippen molar-refractivity contribution in [2.45, 2.75) is 26.7 Å². The molecule has 1 radical (unpaired) electrons. The Labute approximate surface area is 78.4 Å². The van der Waals surface area contributed by atoms with Gasteiger partial charge in [0.1, 0.15) is 4.32 Å². The van der Waals surface area contributed by atoms with Crippen molar-refractivity contribution in [1.82, 2.24) is 0 Å². The molecule has 0 aliphatic carbocycles. The number of rotatable bonds is 1. The molecule has 0 heterocycles. The maximum Gasteiger partial charge on any atom is 0.128 e. The Balaban J connectivity index is -0.0000000720. The van der Waals surface area contributed by atoms with E-state index in [0.717, 1.165) is 0 Å². The second kappa shape index (κ2) is 15.9. The standard InChI is InChI=1S/C4H10.CH3NS2.Co/c1-3-4-2;2-1(3)4;/h3-4H2,1-2H3;(H3,2,3,4);. The fourth-order valence-electron chi connectivity index (χ4n) is 0. The van der Waals surface area contributed by atoms with Crippen LogP contribution in [0.15, 0.2) is 0 Å². The van der Waals surface area contributed by atoms with E-state index in [1.54, 1.807) is 0 Å². The molecule has 59 valence electrons. The molecule has 0 unspecified atom stereocenters. The summed E-state index contributed by atoms with van der Waals surface area (Å²) < 4.78 is 0.194. The number of unbranched alkanes of at least 4 members (excludes halogenated alkanes) is 1. The predicted molar refractivity (Wildman–Crippen MR) is 46.4 cm³/mol. The van der Waals surface area contributed by atoms with Crippen molar-refractivity contribution in [1.29, 1.82) is 0 Å². The number of nitrogens with two attached hydrogens (primary N) is 1. The molecular weight excluding hydrogens is 197 g/mol. The second-order valence-electron chi connectivity index (χ2n) is 1.34. The van der Waals surface area contributed by atoms with E-state index >= 15 is 0 Å². The molecule has 0 saturated carbocycles. The van der Waals surface area contributed by atoms with Crippen LogP contribution in [-0.2, 0) is 16.8 Å². The fraction of sp³-hybridized carbons (Fsp3) is 0.800. The molecule has 0 aromatic heterocycles. The molecule has 0 aliphatic rings. The molecule has 0 fully saturated rings. The van der Waals surface area contributed by atoms with Gasteiger partial charge in [-0.25, -0.2) is 0 Å². The molecule has 0 rings (SSSR count). The SMILES string of the molecule is CCCC.NC(=S)S.[Co]. The summed E-state index contributed by atoms with van der Waals surface area (Å²) in [5.41, 5.74) is 4.71. The topological polar surface area (TPSA) is 26.0 Å². The second-order valence-corrected chi connectivity index (χ2v) is 2.56. The Kier molecular flexibility index (Phi) is 28.9. The third-order valence-electron chi connectivity index (χ3n) is 0.500. The quantitative estimate of drug-likeness (QED) is 0.511. The maximum absolute atomic E-state index is 4.71. The first-order valence-corrected chi connectivity index (χ1v) is 3.49. The van der Waals surface area contributed by atoms with Crippen molar-refractivity contribution in [3.05, 3.63) is 0 Å². The zero-order valence-electron chi connectivity index (χ0n) is 5.68. The molecule has 0 saturated heterocycles. The van der Waals surface area contributed by atoms with Crippen LogP contribution in [-0.4, -0.2) is 4.32 Å². The predicted octanol–water partition coefficient (Wildman–Crippen LogP) is 1.96. The zero-order chi connectivity index (χ0) is 6.99. The van der Waals surface area contributed by atoms with E-state index in [1.165, 1.54) is 12.8 Å². The van der Waals surface area contributed by atoms with Gasteiger partial charge in [-0.1, -0.05) is 38.9 Å². The normalized spacial score (nSPS) is 6.11. The van der Waals surface area contributed by atoms with Crippen molar-refractivity contribution in [2.24, 2.45) is 5.73 Å². The minimum absolute atomic E-state index is 0. The molecule has 0 amide bonds. The van der Waals surface area contributed by atoms with Crippen molar-refractivity contribution >= 4 is 29.2 Å². The summed E-state index contributed by atoms with van der Waals surface area (Å²) in [4.78, 5) is 0. The van der Waals surface area contributed by atoms with Gasteiger partial charge in [0, 0.05) is 16.8 Å². The van der Waals surface area contributed by atoms with Gasteiger partial charge in [-0.2, -0.15) is 0 Å². The van der Waals surface area contributed by atoms with Gasteiger partial charge in [-0.05, 0) is 0 Å². The molecule has 0 bridgehead atoms. The summed E-state index contributed by atoms with van der Waals surface area (Å²) >= 11 is 7.65. The maximum atomic E-state index is 4.71. The molecule has 1 nitrogen and oxygen atoms in total. The van der Waals surface area contributed by atoms with Crippen molar-refractivity contribution in [3.8, 4) is 0 Å². The molecule has 2 N–H and O–H groups in total. The van der Waals surface area contributed by atoms with E-state index in [4.69, 9.17) is 5.73 Å². The number of thiol groups is 1. The van der Waals surface area contributed by atoms with Gasteiger partial charge in [0.2, 0.25) is 0 Å². The van der Waals surface area contributed by atoms with Gasteiger partial charge in [0.25, 0.3) is 0 Å². The summed E-state index contributed by atoms with van der Waals surface area (Å²) in [5, 5.41) is 0. The van der Waals surface area contributed by atoms with Crippen LogP contribution in [0, 0.1) is 0 Å². The number of hydrogen-bond donors (Lipinski definition) is 2. The van der Waals surface area contributed by atoms with Crippen LogP contribution >= 0.6 is 24.8 Å². The summed E-state index contributed by atoms with van der Waals surface area (Å²) in [6.45, 7) is 4.36.